The quantitative estimate of drug-likeness (QED) is 0.674. The molecule has 4 rings (SSSR count). The predicted octanol–water partition coefficient (Wildman–Crippen LogP) is 2.92. The van der Waals surface area contributed by atoms with E-state index in [4.69, 9.17) is 14.0 Å². The van der Waals surface area contributed by atoms with E-state index in [-0.39, 0.29) is 6.79 Å². The molecule has 0 atom stereocenters. The minimum atomic E-state index is 0.244. The second-order valence-electron chi connectivity index (χ2n) is 4.46. The Morgan fingerprint density at radius 1 is 1.23 bits per heavy atom. The molecule has 0 fully saturated rings. The topological polar surface area (TPSA) is 83.2 Å². The summed E-state index contributed by atoms with van der Waals surface area (Å²) in [4.78, 5) is 4.39. The molecule has 3 heterocycles. The van der Waals surface area contributed by atoms with Gasteiger partial charge in [-0.05, 0) is 25.1 Å². The second-order valence-corrected chi connectivity index (χ2v) is 6.86. The lowest BCUT2D eigenvalue weighted by Crippen LogP contribution is -1.92. The van der Waals surface area contributed by atoms with Crippen molar-refractivity contribution in [2.45, 2.75) is 17.0 Å². The summed E-state index contributed by atoms with van der Waals surface area (Å²) in [7, 11) is 0. The van der Waals surface area contributed by atoms with Crippen LogP contribution in [0, 0.1) is 6.92 Å². The Bertz CT molecular complexity index is 817. The Kier molecular flexibility index (Phi) is 3.43. The van der Waals surface area contributed by atoms with Gasteiger partial charge < -0.3 is 14.0 Å². The van der Waals surface area contributed by atoms with Crippen molar-refractivity contribution in [2.75, 3.05) is 6.79 Å². The van der Waals surface area contributed by atoms with Gasteiger partial charge in [-0.2, -0.15) is 4.98 Å². The molecule has 9 heteroatoms. The number of hydrogen-bond acceptors (Lipinski definition) is 9. The van der Waals surface area contributed by atoms with Crippen LogP contribution in [0.4, 0.5) is 0 Å². The predicted molar refractivity (Wildman–Crippen MR) is 80.1 cm³/mol. The monoisotopic (exact) mass is 334 g/mol. The van der Waals surface area contributed by atoms with Gasteiger partial charge in [-0.1, -0.05) is 28.3 Å². The molecule has 0 amide bonds. The van der Waals surface area contributed by atoms with E-state index in [1.807, 2.05) is 25.1 Å². The van der Waals surface area contributed by atoms with Gasteiger partial charge in [-0.15, -0.1) is 10.2 Å². The van der Waals surface area contributed by atoms with Crippen molar-refractivity contribution in [3.63, 3.8) is 0 Å². The minimum Gasteiger partial charge on any atom is -0.454 e. The highest BCUT2D eigenvalue weighted by molar-refractivity contribution is 8.00. The largest absolute Gasteiger partial charge is 0.454 e. The van der Waals surface area contributed by atoms with Crippen LogP contribution in [0.3, 0.4) is 0 Å². The lowest BCUT2D eigenvalue weighted by atomic mass is 10.2. The van der Waals surface area contributed by atoms with Crippen LogP contribution in [0.25, 0.3) is 11.4 Å². The molecule has 1 aliphatic rings. The van der Waals surface area contributed by atoms with E-state index in [0.717, 1.165) is 20.7 Å². The summed E-state index contributed by atoms with van der Waals surface area (Å²) in [5, 5.41) is 13.0. The molecular formula is C13H10N4O3S2. The molecule has 2 aromatic heterocycles. The van der Waals surface area contributed by atoms with Crippen LogP contribution < -0.4 is 9.47 Å². The van der Waals surface area contributed by atoms with E-state index in [0.29, 0.717) is 23.2 Å². The third kappa shape index (κ3) is 2.64. The van der Waals surface area contributed by atoms with Gasteiger partial charge in [-0.3, -0.25) is 0 Å². The summed E-state index contributed by atoms with van der Waals surface area (Å²) in [6, 6.07) is 5.56. The van der Waals surface area contributed by atoms with E-state index in [1.165, 1.54) is 11.8 Å². The summed E-state index contributed by atoms with van der Waals surface area (Å²) in [6.07, 6.45) is 0. The third-order valence-electron chi connectivity index (χ3n) is 2.93. The van der Waals surface area contributed by atoms with Crippen LogP contribution >= 0.6 is 23.1 Å². The molecule has 7 nitrogen and oxygen atoms in total. The van der Waals surface area contributed by atoms with Gasteiger partial charge in [0.25, 0.3) is 0 Å². The zero-order valence-electron chi connectivity index (χ0n) is 11.5. The summed E-state index contributed by atoms with van der Waals surface area (Å²) >= 11 is 3.07. The van der Waals surface area contributed by atoms with Crippen LogP contribution in [-0.4, -0.2) is 27.1 Å². The van der Waals surface area contributed by atoms with Gasteiger partial charge in [0.2, 0.25) is 18.5 Å². The maximum absolute atomic E-state index is 5.35. The highest BCUT2D eigenvalue weighted by Crippen LogP contribution is 2.35. The highest BCUT2D eigenvalue weighted by Gasteiger charge is 2.16. The summed E-state index contributed by atoms with van der Waals surface area (Å²) in [5.74, 6) is 3.07. The molecule has 0 unspecified atom stereocenters. The van der Waals surface area contributed by atoms with E-state index in [2.05, 4.69) is 20.3 Å². The number of thioether (sulfide) groups is 1. The Morgan fingerprint density at radius 2 is 2.14 bits per heavy atom. The molecule has 1 aromatic carbocycles. The standard InChI is InChI=1S/C13H10N4O3S2/c1-7-15-16-13(22-7)21-5-11-14-12(17-20-11)8-2-3-9-10(4-8)19-6-18-9/h2-4H,5-6H2,1H3. The van der Waals surface area contributed by atoms with Gasteiger partial charge in [0.15, 0.2) is 15.8 Å². The Balaban J connectivity index is 1.49. The Labute approximate surface area is 133 Å². The number of aryl methyl sites for hydroxylation is 1. The molecule has 0 N–H and O–H groups in total. The van der Waals surface area contributed by atoms with Crippen LogP contribution in [0.2, 0.25) is 0 Å². The van der Waals surface area contributed by atoms with Crippen molar-refractivity contribution < 1.29 is 14.0 Å². The van der Waals surface area contributed by atoms with Crippen LogP contribution in [0.15, 0.2) is 27.1 Å². The van der Waals surface area contributed by atoms with Crippen LogP contribution in [0.1, 0.15) is 10.9 Å². The van der Waals surface area contributed by atoms with Crippen molar-refractivity contribution in [2.24, 2.45) is 0 Å². The number of nitrogens with zero attached hydrogens (tertiary/aromatic N) is 4. The third-order valence-corrected chi connectivity index (χ3v) is 4.88. The van der Waals surface area contributed by atoms with E-state index in [9.17, 15) is 0 Å². The van der Waals surface area contributed by atoms with E-state index < -0.39 is 0 Å². The lowest BCUT2D eigenvalue weighted by Gasteiger charge is -1.97. The Hall–Kier alpha value is -2.13. The number of rotatable bonds is 4. The van der Waals surface area contributed by atoms with Crippen LogP contribution in [0.5, 0.6) is 11.5 Å². The highest BCUT2D eigenvalue weighted by atomic mass is 32.2. The molecule has 1 aliphatic heterocycles. The molecular weight excluding hydrogens is 324 g/mol. The zero-order chi connectivity index (χ0) is 14.9. The van der Waals surface area contributed by atoms with Crippen molar-refractivity contribution in [3.8, 4) is 22.9 Å². The SMILES string of the molecule is Cc1nnc(SCc2nc(-c3ccc4c(c3)OCO4)no2)s1. The first kappa shape index (κ1) is 13.5. The summed E-state index contributed by atoms with van der Waals surface area (Å²) in [5.41, 5.74) is 0.830. The zero-order valence-corrected chi connectivity index (χ0v) is 13.1. The molecule has 112 valence electrons. The maximum Gasteiger partial charge on any atom is 0.237 e. The molecule has 0 aliphatic carbocycles. The smallest absolute Gasteiger partial charge is 0.237 e. The first-order valence-electron chi connectivity index (χ1n) is 6.43. The minimum absolute atomic E-state index is 0.244. The first-order valence-corrected chi connectivity index (χ1v) is 8.24. The molecule has 0 bridgehead atoms. The number of aromatic nitrogens is 4. The van der Waals surface area contributed by atoms with E-state index >= 15 is 0 Å². The fourth-order valence-corrected chi connectivity index (χ4v) is 3.58. The summed E-state index contributed by atoms with van der Waals surface area (Å²) in [6.45, 7) is 2.17. The second kappa shape index (κ2) is 5.58. The van der Waals surface area contributed by atoms with Crippen LogP contribution in [-0.2, 0) is 5.75 Å². The number of fused-ring (bicyclic) bond motifs is 1. The average Bonchev–Trinajstić information content (AvgIpc) is 3.24. The fourth-order valence-electron chi connectivity index (χ4n) is 1.93. The van der Waals surface area contributed by atoms with Crippen molar-refractivity contribution in [3.05, 3.63) is 29.1 Å². The van der Waals surface area contributed by atoms with Crippen molar-refractivity contribution in [1.82, 2.24) is 20.3 Å². The number of hydrogen-bond donors (Lipinski definition) is 0. The van der Waals surface area contributed by atoms with Gasteiger partial charge in [0.05, 0.1) is 5.75 Å². The fraction of sp³-hybridized carbons (Fsp3) is 0.231. The van der Waals surface area contributed by atoms with Gasteiger partial charge in [0, 0.05) is 5.56 Å². The Morgan fingerprint density at radius 3 is 3.00 bits per heavy atom. The molecule has 0 saturated carbocycles. The first-order chi connectivity index (χ1) is 10.8. The van der Waals surface area contributed by atoms with Gasteiger partial charge >= 0.3 is 0 Å². The molecule has 0 radical (unpaired) electrons. The number of benzene rings is 1. The molecule has 3 aromatic rings. The van der Waals surface area contributed by atoms with Crippen molar-refractivity contribution >= 4 is 23.1 Å². The lowest BCUT2D eigenvalue weighted by molar-refractivity contribution is 0.174. The average molecular weight is 334 g/mol. The van der Waals surface area contributed by atoms with Crippen molar-refractivity contribution in [1.29, 1.82) is 0 Å². The molecule has 0 spiro atoms. The normalized spacial score (nSPS) is 12.8. The summed E-state index contributed by atoms with van der Waals surface area (Å²) < 4.78 is 16.8. The molecule has 22 heavy (non-hydrogen) atoms. The van der Waals surface area contributed by atoms with Gasteiger partial charge in [0.1, 0.15) is 5.01 Å². The molecule has 0 saturated heterocycles. The van der Waals surface area contributed by atoms with Gasteiger partial charge in [-0.25, -0.2) is 0 Å². The number of ether oxygens (including phenoxy) is 2. The maximum atomic E-state index is 5.35. The van der Waals surface area contributed by atoms with E-state index in [1.54, 1.807) is 11.3 Å².